The molecule has 0 spiro atoms. The number of hydrogen-bond donors (Lipinski definition) is 1. The molecule has 0 bridgehead atoms. The fraction of sp³-hybridized carbons (Fsp3) is 0.200. The van der Waals surface area contributed by atoms with Crippen molar-refractivity contribution in [1.29, 1.82) is 0 Å². The third kappa shape index (κ3) is 3.91. The average molecular weight is 504 g/mol. The predicted octanol–water partition coefficient (Wildman–Crippen LogP) is 5.60. The molecule has 4 heterocycles. The highest BCUT2D eigenvalue weighted by molar-refractivity contribution is 9.10. The summed E-state index contributed by atoms with van der Waals surface area (Å²) in [6, 6.07) is 14.8. The van der Waals surface area contributed by atoms with E-state index in [4.69, 9.17) is 9.97 Å². The summed E-state index contributed by atoms with van der Waals surface area (Å²) in [6.45, 7) is 2.81. The van der Waals surface area contributed by atoms with Crippen LogP contribution in [0.1, 0.15) is 41.5 Å². The highest BCUT2D eigenvalue weighted by atomic mass is 79.9. The number of halogens is 1. The fourth-order valence-corrected chi connectivity index (χ4v) is 4.67. The lowest BCUT2D eigenvalue weighted by Crippen LogP contribution is -2.07. The van der Waals surface area contributed by atoms with Crippen molar-refractivity contribution < 1.29 is 9.90 Å². The zero-order valence-electron chi connectivity index (χ0n) is 18.1. The first-order valence-corrected chi connectivity index (χ1v) is 11.7. The second-order valence-electron chi connectivity index (χ2n) is 7.93. The molecule has 0 fully saturated rings. The van der Waals surface area contributed by atoms with Crippen molar-refractivity contribution in [3.8, 4) is 11.3 Å². The molecule has 166 valence electrons. The van der Waals surface area contributed by atoms with Crippen molar-refractivity contribution >= 4 is 38.7 Å². The maximum Gasteiger partial charge on any atom is 0.336 e. The number of aromatic nitrogens is 5. The van der Waals surface area contributed by atoms with E-state index in [-0.39, 0.29) is 5.56 Å². The normalized spacial score (nSPS) is 11.5. The van der Waals surface area contributed by atoms with Gasteiger partial charge in [-0.3, -0.25) is 4.40 Å². The standard InChI is InChI=1S/C25H22BrN5O2/c1-2-3-10-20-28-19-9-6-13-27-24(19)31(20)15-16-11-12-21-29-22(23(26)30(21)14-16)17-7-4-5-8-18(17)25(32)33/h4-9,11-14H,2-3,10,15H2,1H3,(H,32,33). The number of pyridine rings is 2. The molecule has 0 radical (unpaired) electrons. The number of benzene rings is 1. The van der Waals surface area contributed by atoms with Crippen molar-refractivity contribution in [3.05, 3.63) is 82.5 Å². The second kappa shape index (κ2) is 8.78. The molecule has 5 aromatic rings. The zero-order chi connectivity index (χ0) is 22.9. The first-order chi connectivity index (χ1) is 16.1. The Kier molecular flexibility index (Phi) is 5.68. The Morgan fingerprint density at radius 3 is 2.76 bits per heavy atom. The van der Waals surface area contributed by atoms with Gasteiger partial charge in [-0.15, -0.1) is 0 Å². The minimum atomic E-state index is -0.977. The van der Waals surface area contributed by atoms with Crippen LogP contribution in [0, 0.1) is 0 Å². The summed E-state index contributed by atoms with van der Waals surface area (Å²) >= 11 is 3.65. The smallest absolute Gasteiger partial charge is 0.336 e. The molecular weight excluding hydrogens is 482 g/mol. The third-order valence-corrected chi connectivity index (χ3v) is 6.47. The monoisotopic (exact) mass is 503 g/mol. The van der Waals surface area contributed by atoms with Crippen molar-refractivity contribution in [2.45, 2.75) is 32.7 Å². The summed E-state index contributed by atoms with van der Waals surface area (Å²) in [4.78, 5) is 25.8. The third-order valence-electron chi connectivity index (χ3n) is 5.71. The van der Waals surface area contributed by atoms with Gasteiger partial charge in [0, 0.05) is 24.4 Å². The van der Waals surface area contributed by atoms with E-state index < -0.39 is 5.97 Å². The summed E-state index contributed by atoms with van der Waals surface area (Å²) < 4.78 is 4.84. The van der Waals surface area contributed by atoms with E-state index in [0.717, 1.165) is 47.5 Å². The minimum Gasteiger partial charge on any atom is -0.478 e. The lowest BCUT2D eigenvalue weighted by Gasteiger charge is -2.09. The van der Waals surface area contributed by atoms with E-state index >= 15 is 0 Å². The summed E-state index contributed by atoms with van der Waals surface area (Å²) in [7, 11) is 0. The van der Waals surface area contributed by atoms with Gasteiger partial charge >= 0.3 is 5.97 Å². The lowest BCUT2D eigenvalue weighted by atomic mass is 10.1. The quantitative estimate of drug-likeness (QED) is 0.312. The first-order valence-electron chi connectivity index (χ1n) is 10.9. The van der Waals surface area contributed by atoms with Gasteiger partial charge in [0.15, 0.2) is 5.65 Å². The molecular formula is C25H22BrN5O2. The Morgan fingerprint density at radius 2 is 1.94 bits per heavy atom. The molecule has 0 aliphatic heterocycles. The zero-order valence-corrected chi connectivity index (χ0v) is 19.7. The highest BCUT2D eigenvalue weighted by Gasteiger charge is 2.19. The van der Waals surface area contributed by atoms with Gasteiger partial charge in [0.05, 0.1) is 12.1 Å². The topological polar surface area (TPSA) is 85.3 Å². The lowest BCUT2D eigenvalue weighted by molar-refractivity contribution is 0.0697. The van der Waals surface area contributed by atoms with Crippen LogP contribution in [0.3, 0.4) is 0 Å². The molecule has 4 aromatic heterocycles. The molecule has 0 saturated carbocycles. The van der Waals surface area contributed by atoms with Crippen LogP contribution in [0.2, 0.25) is 0 Å². The van der Waals surface area contributed by atoms with Gasteiger partial charge in [0.2, 0.25) is 0 Å². The number of fused-ring (bicyclic) bond motifs is 2. The molecule has 0 atom stereocenters. The summed E-state index contributed by atoms with van der Waals surface area (Å²) in [5.74, 6) is 0.0563. The largest absolute Gasteiger partial charge is 0.478 e. The Labute approximate surface area is 198 Å². The Hall–Kier alpha value is -3.52. The maximum atomic E-state index is 11.7. The van der Waals surface area contributed by atoms with Gasteiger partial charge in [0.1, 0.15) is 27.3 Å². The summed E-state index contributed by atoms with van der Waals surface area (Å²) in [5.41, 5.74) is 4.99. The van der Waals surface area contributed by atoms with Crippen LogP contribution >= 0.6 is 15.9 Å². The number of imidazole rings is 2. The number of hydrogen-bond acceptors (Lipinski definition) is 4. The van der Waals surface area contributed by atoms with Crippen molar-refractivity contribution in [1.82, 2.24) is 23.9 Å². The van der Waals surface area contributed by atoms with Crippen molar-refractivity contribution in [3.63, 3.8) is 0 Å². The second-order valence-corrected chi connectivity index (χ2v) is 8.68. The van der Waals surface area contributed by atoms with Crippen LogP contribution in [-0.4, -0.2) is 35.0 Å². The summed E-state index contributed by atoms with van der Waals surface area (Å²) in [5, 5.41) is 9.59. The van der Waals surface area contributed by atoms with Crippen LogP contribution < -0.4 is 0 Å². The number of carboxylic acid groups (broad SMARTS) is 1. The van der Waals surface area contributed by atoms with Crippen LogP contribution in [0.4, 0.5) is 0 Å². The Morgan fingerprint density at radius 1 is 1.09 bits per heavy atom. The van der Waals surface area contributed by atoms with Crippen LogP contribution in [0.25, 0.3) is 28.1 Å². The Balaban J connectivity index is 1.57. The number of aromatic carboxylic acids is 1. The number of aryl methyl sites for hydroxylation is 1. The average Bonchev–Trinajstić information content (AvgIpc) is 3.35. The maximum absolute atomic E-state index is 11.7. The molecule has 5 rings (SSSR count). The fourth-order valence-electron chi connectivity index (χ4n) is 4.08. The molecule has 1 N–H and O–H groups in total. The predicted molar refractivity (Wildman–Crippen MR) is 131 cm³/mol. The number of carboxylic acids is 1. The van der Waals surface area contributed by atoms with Gasteiger partial charge in [-0.05, 0) is 52.2 Å². The minimum absolute atomic E-state index is 0.221. The summed E-state index contributed by atoms with van der Waals surface area (Å²) in [6.07, 6.45) is 6.90. The number of carbonyl (C=O) groups is 1. The highest BCUT2D eigenvalue weighted by Crippen LogP contribution is 2.31. The van der Waals surface area contributed by atoms with E-state index in [2.05, 4.69) is 32.4 Å². The molecule has 0 saturated heterocycles. The number of rotatable bonds is 7. The molecule has 7 nitrogen and oxygen atoms in total. The molecule has 8 heteroatoms. The van der Waals surface area contributed by atoms with E-state index in [1.165, 1.54) is 0 Å². The van der Waals surface area contributed by atoms with E-state index in [9.17, 15) is 9.90 Å². The number of unbranched alkanes of at least 4 members (excludes halogenated alkanes) is 1. The van der Waals surface area contributed by atoms with Gasteiger partial charge in [0.25, 0.3) is 0 Å². The first kappa shape index (κ1) is 21.3. The van der Waals surface area contributed by atoms with Crippen LogP contribution in [0.5, 0.6) is 0 Å². The molecule has 0 aliphatic rings. The van der Waals surface area contributed by atoms with Gasteiger partial charge in [-0.25, -0.2) is 19.7 Å². The molecule has 1 aromatic carbocycles. The Bertz CT molecular complexity index is 1490. The molecule has 0 amide bonds. The molecule has 33 heavy (non-hydrogen) atoms. The van der Waals surface area contributed by atoms with Crippen LogP contribution in [0.15, 0.2) is 65.5 Å². The SMILES string of the molecule is CCCCc1nc2cccnc2n1Cc1ccc2nc(-c3ccccc3C(=O)O)c(Br)n2c1. The van der Waals surface area contributed by atoms with E-state index in [0.29, 0.717) is 22.4 Å². The van der Waals surface area contributed by atoms with Crippen molar-refractivity contribution in [2.75, 3.05) is 0 Å². The van der Waals surface area contributed by atoms with Crippen molar-refractivity contribution in [2.24, 2.45) is 0 Å². The van der Waals surface area contributed by atoms with E-state index in [1.807, 2.05) is 40.9 Å². The van der Waals surface area contributed by atoms with Crippen LogP contribution in [-0.2, 0) is 13.0 Å². The van der Waals surface area contributed by atoms with Gasteiger partial charge in [-0.2, -0.15) is 0 Å². The molecule has 0 aliphatic carbocycles. The molecule has 0 unspecified atom stereocenters. The van der Waals surface area contributed by atoms with E-state index in [1.54, 1.807) is 24.4 Å². The van der Waals surface area contributed by atoms with Gasteiger partial charge in [-0.1, -0.05) is 37.6 Å². The number of nitrogens with zero attached hydrogens (tertiary/aromatic N) is 5. The van der Waals surface area contributed by atoms with Gasteiger partial charge < -0.3 is 9.67 Å².